The van der Waals surface area contributed by atoms with Crippen LogP contribution in [0.4, 0.5) is 5.95 Å². The van der Waals surface area contributed by atoms with Gasteiger partial charge in [-0.1, -0.05) is 29.3 Å². The molecule has 3 rings (SSSR count). The van der Waals surface area contributed by atoms with E-state index in [1.165, 1.54) is 0 Å². The molecule has 0 saturated carbocycles. The Balaban J connectivity index is 1.25. The van der Waals surface area contributed by atoms with Crippen LogP contribution in [0.1, 0.15) is 12.0 Å². The normalized spacial score (nSPS) is 14.8. The predicted octanol–water partition coefficient (Wildman–Crippen LogP) is 3.35. The maximum absolute atomic E-state index is 12.0. The van der Waals surface area contributed by atoms with Gasteiger partial charge in [0.05, 0.1) is 5.75 Å². The number of hydrogen-bond acceptors (Lipinski definition) is 6. The van der Waals surface area contributed by atoms with E-state index in [1.807, 2.05) is 18.2 Å². The largest absolute Gasteiger partial charge is 0.355 e. The van der Waals surface area contributed by atoms with Gasteiger partial charge in [0.25, 0.3) is 0 Å². The van der Waals surface area contributed by atoms with Crippen LogP contribution in [0.15, 0.2) is 36.7 Å². The first-order chi connectivity index (χ1) is 14.1. The van der Waals surface area contributed by atoms with Crippen molar-refractivity contribution < 1.29 is 4.79 Å². The highest BCUT2D eigenvalue weighted by Crippen LogP contribution is 2.24. The number of carbonyl (C=O) groups excluding carboxylic acids is 1. The number of rotatable bonds is 9. The summed E-state index contributed by atoms with van der Waals surface area (Å²) in [6, 6.07) is 7.28. The van der Waals surface area contributed by atoms with Gasteiger partial charge in [0, 0.05) is 60.9 Å². The van der Waals surface area contributed by atoms with Crippen molar-refractivity contribution in [1.29, 1.82) is 0 Å². The molecule has 2 aromatic rings. The summed E-state index contributed by atoms with van der Waals surface area (Å²) < 4.78 is 0. The third-order valence-corrected chi connectivity index (χ3v) is 6.25. The van der Waals surface area contributed by atoms with E-state index in [0.29, 0.717) is 28.1 Å². The Morgan fingerprint density at radius 3 is 2.62 bits per heavy atom. The van der Waals surface area contributed by atoms with Crippen LogP contribution in [0.25, 0.3) is 0 Å². The number of benzene rings is 1. The molecule has 0 bridgehead atoms. The molecule has 0 unspecified atom stereocenters. The number of piperazine rings is 1. The number of nitrogens with one attached hydrogen (secondary N) is 1. The Morgan fingerprint density at radius 2 is 1.90 bits per heavy atom. The van der Waals surface area contributed by atoms with Gasteiger partial charge in [-0.15, -0.1) is 11.8 Å². The monoisotopic (exact) mass is 453 g/mol. The van der Waals surface area contributed by atoms with Gasteiger partial charge < -0.3 is 10.2 Å². The molecule has 1 N–H and O–H groups in total. The second-order valence-corrected chi connectivity index (χ2v) is 8.64. The van der Waals surface area contributed by atoms with Crippen molar-refractivity contribution in [3.8, 4) is 0 Å². The third kappa shape index (κ3) is 7.33. The summed E-state index contributed by atoms with van der Waals surface area (Å²) >= 11 is 13.6. The molecule has 0 aliphatic carbocycles. The van der Waals surface area contributed by atoms with Crippen molar-refractivity contribution in [3.63, 3.8) is 0 Å². The zero-order valence-corrected chi connectivity index (χ0v) is 18.5. The molecule has 6 nitrogen and oxygen atoms in total. The second kappa shape index (κ2) is 11.6. The standard InChI is InChI=1S/C20H25Cl2N5OS/c21-17-4-3-16(18(22)13-17)14-29-15-19(28)23-7-2-8-26-9-11-27(12-10-26)20-24-5-1-6-25-20/h1,3-6,13H,2,7-12,14-15H2,(H,23,28). The van der Waals surface area contributed by atoms with Gasteiger partial charge in [-0.05, 0) is 36.7 Å². The molecule has 1 aromatic carbocycles. The van der Waals surface area contributed by atoms with Crippen LogP contribution in [-0.2, 0) is 10.5 Å². The summed E-state index contributed by atoms with van der Waals surface area (Å²) in [5, 5.41) is 4.26. The molecule has 156 valence electrons. The summed E-state index contributed by atoms with van der Waals surface area (Å²) in [5.41, 5.74) is 0.994. The molecule has 1 amide bonds. The summed E-state index contributed by atoms with van der Waals surface area (Å²) in [6.45, 7) is 5.52. The van der Waals surface area contributed by atoms with Gasteiger partial charge in [-0.25, -0.2) is 9.97 Å². The van der Waals surface area contributed by atoms with Crippen LogP contribution in [0.2, 0.25) is 10.0 Å². The van der Waals surface area contributed by atoms with Crippen LogP contribution in [0.5, 0.6) is 0 Å². The lowest BCUT2D eigenvalue weighted by Gasteiger charge is -2.34. The Kier molecular flexibility index (Phi) is 8.86. The van der Waals surface area contributed by atoms with Crippen molar-refractivity contribution >= 4 is 46.8 Å². The quantitative estimate of drug-likeness (QED) is 0.587. The van der Waals surface area contributed by atoms with E-state index < -0.39 is 0 Å². The lowest BCUT2D eigenvalue weighted by atomic mass is 10.2. The molecular weight excluding hydrogens is 429 g/mol. The molecule has 0 spiro atoms. The zero-order valence-electron chi connectivity index (χ0n) is 16.2. The van der Waals surface area contributed by atoms with Crippen LogP contribution >= 0.6 is 35.0 Å². The lowest BCUT2D eigenvalue weighted by molar-refractivity contribution is -0.118. The number of nitrogens with zero attached hydrogens (tertiary/aromatic N) is 4. The number of carbonyl (C=O) groups is 1. The number of hydrogen-bond donors (Lipinski definition) is 1. The molecule has 2 heterocycles. The number of amides is 1. The molecule has 1 aliphatic heterocycles. The van der Waals surface area contributed by atoms with Gasteiger partial charge in [-0.2, -0.15) is 0 Å². The minimum absolute atomic E-state index is 0.0612. The number of thioether (sulfide) groups is 1. The zero-order chi connectivity index (χ0) is 20.5. The van der Waals surface area contributed by atoms with E-state index in [2.05, 4.69) is 25.1 Å². The fourth-order valence-corrected chi connectivity index (χ4v) is 4.52. The van der Waals surface area contributed by atoms with E-state index in [-0.39, 0.29) is 5.91 Å². The minimum atomic E-state index is 0.0612. The smallest absolute Gasteiger partial charge is 0.230 e. The topological polar surface area (TPSA) is 61.4 Å². The van der Waals surface area contributed by atoms with Gasteiger partial charge >= 0.3 is 0 Å². The van der Waals surface area contributed by atoms with Crippen LogP contribution in [0, 0.1) is 0 Å². The molecule has 0 atom stereocenters. The van der Waals surface area contributed by atoms with Crippen molar-refractivity contribution in [2.45, 2.75) is 12.2 Å². The molecular formula is C20H25Cl2N5OS. The fourth-order valence-electron chi connectivity index (χ4n) is 3.10. The van der Waals surface area contributed by atoms with Crippen molar-refractivity contribution in [1.82, 2.24) is 20.2 Å². The first kappa shape index (κ1) is 22.2. The first-order valence-corrected chi connectivity index (χ1v) is 11.6. The number of aromatic nitrogens is 2. The van der Waals surface area contributed by atoms with E-state index in [9.17, 15) is 4.79 Å². The van der Waals surface area contributed by atoms with E-state index in [0.717, 1.165) is 50.7 Å². The molecule has 1 fully saturated rings. The Hall–Kier alpha value is -1.54. The first-order valence-electron chi connectivity index (χ1n) is 9.64. The average Bonchev–Trinajstić information content (AvgIpc) is 2.74. The van der Waals surface area contributed by atoms with Crippen molar-refractivity contribution in [2.24, 2.45) is 0 Å². The SMILES string of the molecule is O=C(CSCc1ccc(Cl)cc1Cl)NCCCN1CCN(c2ncccn2)CC1. The van der Waals surface area contributed by atoms with Crippen molar-refractivity contribution in [3.05, 3.63) is 52.3 Å². The van der Waals surface area contributed by atoms with E-state index >= 15 is 0 Å². The molecule has 1 aromatic heterocycles. The molecule has 1 aliphatic rings. The summed E-state index contributed by atoms with van der Waals surface area (Å²) in [5.74, 6) is 1.98. The average molecular weight is 454 g/mol. The molecule has 1 saturated heterocycles. The lowest BCUT2D eigenvalue weighted by Crippen LogP contribution is -2.47. The van der Waals surface area contributed by atoms with Gasteiger partial charge in [0.1, 0.15) is 0 Å². The van der Waals surface area contributed by atoms with Crippen LogP contribution < -0.4 is 10.2 Å². The van der Waals surface area contributed by atoms with Gasteiger partial charge in [0.15, 0.2) is 0 Å². The molecule has 9 heteroatoms. The van der Waals surface area contributed by atoms with E-state index in [1.54, 1.807) is 30.2 Å². The number of halogens is 2. The molecule has 29 heavy (non-hydrogen) atoms. The highest BCUT2D eigenvalue weighted by molar-refractivity contribution is 7.99. The summed E-state index contributed by atoms with van der Waals surface area (Å²) in [7, 11) is 0. The summed E-state index contributed by atoms with van der Waals surface area (Å²) in [4.78, 5) is 25.2. The maximum Gasteiger partial charge on any atom is 0.230 e. The van der Waals surface area contributed by atoms with Crippen LogP contribution in [0.3, 0.4) is 0 Å². The fraction of sp³-hybridized carbons (Fsp3) is 0.450. The summed E-state index contributed by atoms with van der Waals surface area (Å²) in [6.07, 6.45) is 4.50. The minimum Gasteiger partial charge on any atom is -0.355 e. The maximum atomic E-state index is 12.0. The Morgan fingerprint density at radius 1 is 1.14 bits per heavy atom. The highest BCUT2D eigenvalue weighted by atomic mass is 35.5. The highest BCUT2D eigenvalue weighted by Gasteiger charge is 2.18. The Bertz CT molecular complexity index is 788. The van der Waals surface area contributed by atoms with Crippen molar-refractivity contribution in [2.75, 3.05) is 49.9 Å². The van der Waals surface area contributed by atoms with Crippen LogP contribution in [-0.4, -0.2) is 65.8 Å². The predicted molar refractivity (Wildman–Crippen MR) is 121 cm³/mol. The Labute approximate surface area is 186 Å². The van der Waals surface area contributed by atoms with Gasteiger partial charge in [0.2, 0.25) is 11.9 Å². The molecule has 0 radical (unpaired) electrons. The van der Waals surface area contributed by atoms with Gasteiger partial charge in [-0.3, -0.25) is 9.69 Å². The second-order valence-electron chi connectivity index (χ2n) is 6.81. The third-order valence-electron chi connectivity index (χ3n) is 4.69. The van der Waals surface area contributed by atoms with E-state index in [4.69, 9.17) is 23.2 Å². The number of anilines is 1.